The molecule has 1 amide bonds. The van der Waals surface area contributed by atoms with E-state index in [2.05, 4.69) is 4.98 Å². The van der Waals surface area contributed by atoms with Crippen molar-refractivity contribution in [2.75, 3.05) is 7.05 Å². The Morgan fingerprint density at radius 3 is 2.50 bits per heavy atom. The lowest BCUT2D eigenvalue weighted by molar-refractivity contribution is -0.147. The largest absolute Gasteiger partial charge is 0.480 e. The Hall–Kier alpha value is -2.15. The first kappa shape index (κ1) is 16.2. The van der Waals surface area contributed by atoms with Crippen molar-refractivity contribution in [3.05, 3.63) is 34.6 Å². The summed E-state index contributed by atoms with van der Waals surface area (Å²) in [5.41, 5.74) is 0.855. The van der Waals surface area contributed by atoms with Gasteiger partial charge in [0.15, 0.2) is 5.13 Å². The van der Waals surface area contributed by atoms with Crippen LogP contribution in [0, 0.1) is 13.8 Å². The fraction of sp³-hybridized carbons (Fsp3) is 0.400. The number of carbonyl (C=O) groups excluding carboxylic acids is 1. The minimum absolute atomic E-state index is 0.316. The Morgan fingerprint density at radius 2 is 2.00 bits per heavy atom. The predicted molar refractivity (Wildman–Crippen MR) is 84.7 cm³/mol. The van der Waals surface area contributed by atoms with Crippen LogP contribution in [0.15, 0.2) is 17.6 Å². The summed E-state index contributed by atoms with van der Waals surface area (Å²) in [6.45, 7) is 6.75. The molecule has 0 aromatic carbocycles. The van der Waals surface area contributed by atoms with Crippen molar-refractivity contribution < 1.29 is 14.7 Å². The summed E-state index contributed by atoms with van der Waals surface area (Å²) in [5.74, 6) is -1.36. The minimum atomic E-state index is -1.28. The third-order valence-electron chi connectivity index (χ3n) is 3.94. The second kappa shape index (κ2) is 5.57. The van der Waals surface area contributed by atoms with Crippen LogP contribution >= 0.6 is 11.3 Å². The molecule has 6 nitrogen and oxygen atoms in total. The highest BCUT2D eigenvalue weighted by molar-refractivity contribution is 7.12. The molecule has 2 aromatic heterocycles. The van der Waals surface area contributed by atoms with Crippen LogP contribution < -0.4 is 0 Å². The summed E-state index contributed by atoms with van der Waals surface area (Å²) in [7, 11) is 1.51. The Labute approximate surface area is 133 Å². The standard InChI is InChI=1S/C15H19N3O3S/c1-9-8-11(10(2)18(9)14-16-6-7-22-14)12(19)17(5)15(3,4)13(20)21/h6-8H,1-5H3,(H,20,21). The number of hydrogen-bond donors (Lipinski definition) is 1. The fourth-order valence-corrected chi connectivity index (χ4v) is 2.93. The first-order valence-electron chi connectivity index (χ1n) is 6.78. The van der Waals surface area contributed by atoms with Crippen LogP contribution in [0.1, 0.15) is 35.6 Å². The topological polar surface area (TPSA) is 75.4 Å². The minimum Gasteiger partial charge on any atom is -0.480 e. The van der Waals surface area contributed by atoms with Gasteiger partial charge in [0.05, 0.1) is 5.56 Å². The lowest BCUT2D eigenvalue weighted by Crippen LogP contribution is -2.50. The molecule has 0 fully saturated rings. The summed E-state index contributed by atoms with van der Waals surface area (Å²) in [4.78, 5) is 29.5. The molecule has 0 aliphatic rings. The normalized spacial score (nSPS) is 11.5. The quantitative estimate of drug-likeness (QED) is 0.938. The highest BCUT2D eigenvalue weighted by Crippen LogP contribution is 2.25. The zero-order valence-corrected chi connectivity index (χ0v) is 14.1. The van der Waals surface area contributed by atoms with E-state index in [1.54, 1.807) is 12.3 Å². The number of carboxylic acid groups (broad SMARTS) is 1. The molecule has 0 saturated heterocycles. The van der Waals surface area contributed by atoms with Crippen LogP contribution in [0.25, 0.3) is 5.13 Å². The monoisotopic (exact) mass is 321 g/mol. The van der Waals surface area contributed by atoms with Gasteiger partial charge in [-0.25, -0.2) is 9.78 Å². The van der Waals surface area contributed by atoms with Gasteiger partial charge in [-0.05, 0) is 33.8 Å². The van der Waals surface area contributed by atoms with Crippen LogP contribution in [-0.2, 0) is 4.79 Å². The van der Waals surface area contributed by atoms with E-state index in [0.29, 0.717) is 5.56 Å². The van der Waals surface area contributed by atoms with Crippen molar-refractivity contribution >= 4 is 23.2 Å². The number of nitrogens with zero attached hydrogens (tertiary/aromatic N) is 3. The molecule has 0 bridgehead atoms. The van der Waals surface area contributed by atoms with Crippen LogP contribution in [0.5, 0.6) is 0 Å². The van der Waals surface area contributed by atoms with Gasteiger partial charge < -0.3 is 10.0 Å². The van der Waals surface area contributed by atoms with E-state index in [4.69, 9.17) is 0 Å². The maximum absolute atomic E-state index is 12.7. The van der Waals surface area contributed by atoms with Crippen molar-refractivity contribution in [1.29, 1.82) is 0 Å². The smallest absolute Gasteiger partial charge is 0.329 e. The van der Waals surface area contributed by atoms with Gasteiger partial charge in [-0.1, -0.05) is 0 Å². The van der Waals surface area contributed by atoms with E-state index in [1.165, 1.54) is 37.1 Å². The van der Waals surface area contributed by atoms with Crippen molar-refractivity contribution in [3.63, 3.8) is 0 Å². The molecule has 2 rings (SSSR count). The van der Waals surface area contributed by atoms with Gasteiger partial charge in [0, 0.05) is 30.0 Å². The first-order chi connectivity index (χ1) is 10.2. The van der Waals surface area contributed by atoms with E-state index in [9.17, 15) is 14.7 Å². The van der Waals surface area contributed by atoms with Crippen LogP contribution in [-0.4, -0.2) is 44.0 Å². The third kappa shape index (κ3) is 2.52. The van der Waals surface area contributed by atoms with Gasteiger partial charge in [0.2, 0.25) is 0 Å². The molecule has 1 N–H and O–H groups in total. The van der Waals surface area contributed by atoms with Gasteiger partial charge in [-0.2, -0.15) is 0 Å². The van der Waals surface area contributed by atoms with Gasteiger partial charge in [-0.15, -0.1) is 11.3 Å². The molecular weight excluding hydrogens is 302 g/mol. The second-order valence-electron chi connectivity index (χ2n) is 5.66. The van der Waals surface area contributed by atoms with Crippen molar-refractivity contribution in [2.45, 2.75) is 33.2 Å². The maximum Gasteiger partial charge on any atom is 0.329 e. The summed E-state index contributed by atoms with van der Waals surface area (Å²) >= 11 is 1.48. The summed E-state index contributed by atoms with van der Waals surface area (Å²) in [6, 6.07) is 1.77. The van der Waals surface area contributed by atoms with Crippen molar-refractivity contribution in [1.82, 2.24) is 14.5 Å². The zero-order valence-electron chi connectivity index (χ0n) is 13.2. The molecule has 0 aliphatic heterocycles. The van der Waals surface area contributed by atoms with Crippen LogP contribution in [0.2, 0.25) is 0 Å². The molecule has 2 aromatic rings. The lowest BCUT2D eigenvalue weighted by Gasteiger charge is -2.31. The number of aliphatic carboxylic acids is 1. The van der Waals surface area contributed by atoms with Gasteiger partial charge >= 0.3 is 5.97 Å². The highest BCUT2D eigenvalue weighted by atomic mass is 32.1. The molecule has 0 aliphatic carbocycles. The lowest BCUT2D eigenvalue weighted by atomic mass is 10.0. The number of carbonyl (C=O) groups is 2. The van der Waals surface area contributed by atoms with E-state index < -0.39 is 11.5 Å². The SMILES string of the molecule is Cc1cc(C(=O)N(C)C(C)(C)C(=O)O)c(C)n1-c1nccs1. The number of thiazole rings is 1. The average molecular weight is 321 g/mol. The number of carboxylic acids is 1. The number of hydrogen-bond acceptors (Lipinski definition) is 4. The third-order valence-corrected chi connectivity index (χ3v) is 4.70. The molecule has 0 spiro atoms. The maximum atomic E-state index is 12.7. The molecule has 0 saturated carbocycles. The number of rotatable bonds is 4. The summed E-state index contributed by atoms with van der Waals surface area (Å²) < 4.78 is 1.90. The number of amides is 1. The second-order valence-corrected chi connectivity index (χ2v) is 6.54. The van der Waals surface area contributed by atoms with E-state index in [0.717, 1.165) is 16.5 Å². The molecule has 0 radical (unpaired) electrons. The van der Waals surface area contributed by atoms with E-state index in [-0.39, 0.29) is 5.91 Å². The van der Waals surface area contributed by atoms with Crippen LogP contribution in [0.4, 0.5) is 0 Å². The molecule has 22 heavy (non-hydrogen) atoms. The summed E-state index contributed by atoms with van der Waals surface area (Å²) in [6.07, 6.45) is 1.71. The van der Waals surface area contributed by atoms with E-state index in [1.807, 2.05) is 23.8 Å². The molecular formula is C15H19N3O3S. The van der Waals surface area contributed by atoms with Gasteiger partial charge in [0.1, 0.15) is 5.54 Å². The Kier molecular flexibility index (Phi) is 4.10. The Morgan fingerprint density at radius 1 is 1.36 bits per heavy atom. The molecule has 118 valence electrons. The average Bonchev–Trinajstić information content (AvgIpc) is 3.05. The van der Waals surface area contributed by atoms with E-state index >= 15 is 0 Å². The van der Waals surface area contributed by atoms with Gasteiger partial charge in [-0.3, -0.25) is 9.36 Å². The zero-order chi connectivity index (χ0) is 16.7. The summed E-state index contributed by atoms with van der Waals surface area (Å²) in [5, 5.41) is 11.9. The van der Waals surface area contributed by atoms with Crippen LogP contribution in [0.3, 0.4) is 0 Å². The molecule has 7 heteroatoms. The van der Waals surface area contributed by atoms with Crippen molar-refractivity contribution in [3.8, 4) is 5.13 Å². The molecule has 0 atom stereocenters. The Bertz CT molecular complexity index is 717. The fourth-order valence-electron chi connectivity index (χ4n) is 2.18. The Balaban J connectivity index is 2.45. The first-order valence-corrected chi connectivity index (χ1v) is 7.66. The molecule has 2 heterocycles. The molecule has 0 unspecified atom stereocenters. The number of aromatic nitrogens is 2. The number of aryl methyl sites for hydroxylation is 1. The predicted octanol–water partition coefficient (Wildman–Crippen LogP) is 2.49. The number of likely N-dealkylation sites (N-methyl/N-ethyl adjacent to an activating group) is 1. The highest BCUT2D eigenvalue weighted by Gasteiger charge is 2.36. The van der Waals surface area contributed by atoms with Gasteiger partial charge in [0.25, 0.3) is 5.91 Å². The van der Waals surface area contributed by atoms with Crippen molar-refractivity contribution in [2.24, 2.45) is 0 Å².